The van der Waals surface area contributed by atoms with E-state index in [4.69, 9.17) is 9.68 Å². The number of nitrogens with zero attached hydrogens (tertiary/aromatic N) is 4. The molecule has 3 rings (SSSR count). The van der Waals surface area contributed by atoms with Crippen LogP contribution in [0.4, 0.5) is 5.82 Å². The Kier molecular flexibility index (Phi) is 3.05. The first kappa shape index (κ1) is 12.2. The van der Waals surface area contributed by atoms with Crippen LogP contribution in [0.2, 0.25) is 0 Å². The van der Waals surface area contributed by atoms with Crippen molar-refractivity contribution in [2.45, 2.75) is 0 Å². The first-order valence-electron chi connectivity index (χ1n) is 6.18. The van der Waals surface area contributed by atoms with Crippen LogP contribution in [0.5, 0.6) is 0 Å². The lowest BCUT2D eigenvalue weighted by Gasteiger charge is -2.12. The number of nitriles is 1. The van der Waals surface area contributed by atoms with Gasteiger partial charge in [-0.1, -0.05) is 18.2 Å². The molecular formula is C15H12N4O. The molecule has 0 saturated heterocycles. The Hall–Kier alpha value is -2.87. The van der Waals surface area contributed by atoms with Crippen molar-refractivity contribution in [3.63, 3.8) is 0 Å². The Labute approximate surface area is 116 Å². The molecule has 0 bridgehead atoms. The summed E-state index contributed by atoms with van der Waals surface area (Å²) in [6.07, 6.45) is 1.69. The Morgan fingerprint density at radius 2 is 2.05 bits per heavy atom. The zero-order chi connectivity index (χ0) is 13.9. The Morgan fingerprint density at radius 1 is 1.20 bits per heavy atom. The molecule has 98 valence electrons. The third-order valence-corrected chi connectivity index (χ3v) is 3.11. The molecule has 1 aromatic carbocycles. The van der Waals surface area contributed by atoms with Crippen LogP contribution in [-0.2, 0) is 0 Å². The van der Waals surface area contributed by atoms with Crippen LogP contribution in [-0.4, -0.2) is 23.8 Å². The second-order valence-corrected chi connectivity index (χ2v) is 4.44. The van der Waals surface area contributed by atoms with E-state index >= 15 is 0 Å². The molecule has 3 aromatic rings. The molecule has 2 heterocycles. The molecule has 0 atom stereocenters. The number of benzene rings is 1. The van der Waals surface area contributed by atoms with Crippen LogP contribution in [0.15, 0.2) is 47.1 Å². The van der Waals surface area contributed by atoms with Gasteiger partial charge >= 0.3 is 0 Å². The van der Waals surface area contributed by atoms with Crippen molar-refractivity contribution in [1.82, 2.24) is 10.2 Å². The third-order valence-electron chi connectivity index (χ3n) is 3.11. The summed E-state index contributed by atoms with van der Waals surface area (Å²) in [6.45, 7) is 0.280. The highest BCUT2D eigenvalue weighted by Crippen LogP contribution is 2.29. The summed E-state index contributed by atoms with van der Waals surface area (Å²) in [5, 5.41) is 18.0. The van der Waals surface area contributed by atoms with Gasteiger partial charge in [-0.25, -0.2) is 0 Å². The molecule has 0 aliphatic carbocycles. The van der Waals surface area contributed by atoms with Crippen molar-refractivity contribution < 1.29 is 4.42 Å². The summed E-state index contributed by atoms with van der Waals surface area (Å²) in [4.78, 5) is 1.74. The highest BCUT2D eigenvalue weighted by atomic mass is 16.3. The van der Waals surface area contributed by atoms with E-state index in [1.807, 2.05) is 36.4 Å². The summed E-state index contributed by atoms with van der Waals surface area (Å²) in [5.41, 5.74) is 2.50. The molecule has 0 amide bonds. The second kappa shape index (κ2) is 5.02. The lowest BCUT2D eigenvalue weighted by atomic mass is 10.1. The molecule has 0 aliphatic heterocycles. The van der Waals surface area contributed by atoms with E-state index in [0.29, 0.717) is 5.82 Å². The van der Waals surface area contributed by atoms with Gasteiger partial charge in [0.25, 0.3) is 0 Å². The fourth-order valence-corrected chi connectivity index (χ4v) is 2.04. The van der Waals surface area contributed by atoms with Crippen LogP contribution in [0.1, 0.15) is 0 Å². The Bertz CT molecular complexity index is 770. The molecule has 20 heavy (non-hydrogen) atoms. The molecule has 5 nitrogen and oxygen atoms in total. The summed E-state index contributed by atoms with van der Waals surface area (Å²) < 4.78 is 5.50. The van der Waals surface area contributed by atoms with Gasteiger partial charge in [-0.2, -0.15) is 5.26 Å². The largest absolute Gasteiger partial charge is 0.464 e. The van der Waals surface area contributed by atoms with Crippen LogP contribution in [0.25, 0.3) is 22.2 Å². The van der Waals surface area contributed by atoms with Gasteiger partial charge in [0.05, 0.1) is 11.8 Å². The van der Waals surface area contributed by atoms with E-state index in [1.54, 1.807) is 18.2 Å². The predicted octanol–water partition coefficient (Wildman–Crippen LogP) is 2.85. The van der Waals surface area contributed by atoms with Gasteiger partial charge in [-0.15, -0.1) is 10.2 Å². The van der Waals surface area contributed by atoms with Gasteiger partial charge in [0, 0.05) is 18.0 Å². The molecule has 0 saturated carbocycles. The summed E-state index contributed by atoms with van der Waals surface area (Å²) in [6, 6.07) is 13.6. The molecule has 2 aromatic heterocycles. The van der Waals surface area contributed by atoms with Crippen molar-refractivity contribution in [3.8, 4) is 17.3 Å². The van der Waals surface area contributed by atoms with E-state index in [9.17, 15) is 0 Å². The zero-order valence-corrected chi connectivity index (χ0v) is 10.9. The van der Waals surface area contributed by atoms with Gasteiger partial charge in [-0.05, 0) is 18.2 Å². The second-order valence-electron chi connectivity index (χ2n) is 4.44. The standard InChI is InChI=1S/C15H12N4O/c1-19(9-8-16)15-7-6-13(17-18-15)12-10-20-14-5-3-2-4-11(12)14/h2-7,10H,9H2,1H3. The average Bonchev–Trinajstić information content (AvgIpc) is 2.92. The minimum absolute atomic E-state index is 0.280. The van der Waals surface area contributed by atoms with Crippen LogP contribution in [0, 0.1) is 11.3 Å². The molecule has 0 N–H and O–H groups in total. The third kappa shape index (κ3) is 2.08. The van der Waals surface area contributed by atoms with E-state index in [-0.39, 0.29) is 6.54 Å². The van der Waals surface area contributed by atoms with Crippen LogP contribution in [0.3, 0.4) is 0 Å². The number of aromatic nitrogens is 2. The highest BCUT2D eigenvalue weighted by molar-refractivity contribution is 5.92. The smallest absolute Gasteiger partial charge is 0.151 e. The molecule has 0 spiro atoms. The molecule has 0 fully saturated rings. The van der Waals surface area contributed by atoms with Crippen molar-refractivity contribution in [2.75, 3.05) is 18.5 Å². The van der Waals surface area contributed by atoms with Crippen molar-refractivity contribution in [2.24, 2.45) is 0 Å². The van der Waals surface area contributed by atoms with E-state index in [1.165, 1.54) is 0 Å². The Morgan fingerprint density at radius 3 is 2.80 bits per heavy atom. The minimum Gasteiger partial charge on any atom is -0.464 e. The number of furan rings is 1. The van der Waals surface area contributed by atoms with Crippen LogP contribution >= 0.6 is 0 Å². The van der Waals surface area contributed by atoms with Crippen molar-refractivity contribution in [3.05, 3.63) is 42.7 Å². The van der Waals surface area contributed by atoms with Crippen molar-refractivity contribution in [1.29, 1.82) is 5.26 Å². The molecule has 0 unspecified atom stereocenters. The quantitative estimate of drug-likeness (QED) is 0.680. The monoisotopic (exact) mass is 264 g/mol. The summed E-state index contributed by atoms with van der Waals surface area (Å²) in [7, 11) is 1.81. The fourth-order valence-electron chi connectivity index (χ4n) is 2.04. The predicted molar refractivity (Wildman–Crippen MR) is 76.1 cm³/mol. The topological polar surface area (TPSA) is 66.0 Å². The maximum atomic E-state index is 8.67. The first-order chi connectivity index (χ1) is 9.79. The van der Waals surface area contributed by atoms with Gasteiger partial charge in [-0.3, -0.25) is 0 Å². The van der Waals surface area contributed by atoms with E-state index in [2.05, 4.69) is 16.3 Å². The zero-order valence-electron chi connectivity index (χ0n) is 10.9. The number of fused-ring (bicyclic) bond motifs is 1. The normalized spacial score (nSPS) is 10.4. The lowest BCUT2D eigenvalue weighted by molar-refractivity contribution is 0.616. The fraction of sp³-hybridized carbons (Fsp3) is 0.133. The Balaban J connectivity index is 1.97. The van der Waals surface area contributed by atoms with Gasteiger partial charge in [0.1, 0.15) is 18.4 Å². The number of rotatable bonds is 3. The van der Waals surface area contributed by atoms with Gasteiger partial charge in [0.15, 0.2) is 5.82 Å². The van der Waals surface area contributed by atoms with E-state index in [0.717, 1.165) is 22.2 Å². The summed E-state index contributed by atoms with van der Waals surface area (Å²) in [5.74, 6) is 0.670. The number of hydrogen-bond donors (Lipinski definition) is 0. The number of para-hydroxylation sites is 1. The maximum Gasteiger partial charge on any atom is 0.151 e. The highest BCUT2D eigenvalue weighted by Gasteiger charge is 2.10. The van der Waals surface area contributed by atoms with Crippen LogP contribution < -0.4 is 4.90 Å². The maximum absolute atomic E-state index is 8.67. The lowest BCUT2D eigenvalue weighted by Crippen LogP contribution is -2.18. The molecule has 5 heteroatoms. The van der Waals surface area contributed by atoms with Gasteiger partial charge in [0.2, 0.25) is 0 Å². The van der Waals surface area contributed by atoms with Gasteiger partial charge < -0.3 is 9.32 Å². The number of hydrogen-bond acceptors (Lipinski definition) is 5. The number of anilines is 1. The van der Waals surface area contributed by atoms with E-state index < -0.39 is 0 Å². The molecule has 0 radical (unpaired) electrons. The minimum atomic E-state index is 0.280. The summed E-state index contributed by atoms with van der Waals surface area (Å²) >= 11 is 0. The SMILES string of the molecule is CN(CC#N)c1ccc(-c2coc3ccccc23)nn1. The average molecular weight is 264 g/mol. The first-order valence-corrected chi connectivity index (χ1v) is 6.18. The van der Waals surface area contributed by atoms with Crippen molar-refractivity contribution >= 4 is 16.8 Å². The molecule has 0 aliphatic rings. The molecular weight excluding hydrogens is 252 g/mol.